The maximum absolute atomic E-state index is 14.4. The van der Waals surface area contributed by atoms with Crippen molar-refractivity contribution in [3.05, 3.63) is 76.8 Å². The summed E-state index contributed by atoms with van der Waals surface area (Å²) in [6.45, 7) is 1.00. The maximum atomic E-state index is 14.4. The van der Waals surface area contributed by atoms with Crippen LogP contribution in [0.25, 0.3) is 5.69 Å². The number of methoxy groups -OCH3 is 1. The molecule has 5 rings (SSSR count). The number of nitrogens with zero attached hydrogens (tertiary/aromatic N) is 6. The molecule has 0 fully saturated rings. The molecule has 170 valence electrons. The molecule has 0 radical (unpaired) electrons. The summed E-state index contributed by atoms with van der Waals surface area (Å²) in [5.74, 6) is -2.45. The SMILES string of the molecule is COc1cc(Cc2nc3n(n2)CCCN3c2ccc(F)c(F)c2F)ccc1-n1cnc(Cl)c1. The van der Waals surface area contributed by atoms with Gasteiger partial charge in [-0.2, -0.15) is 10.1 Å². The molecule has 0 bridgehead atoms. The molecule has 1 aliphatic heterocycles. The number of fused-ring (bicyclic) bond motifs is 1. The first-order valence-corrected chi connectivity index (χ1v) is 10.5. The average Bonchev–Trinajstić information content (AvgIpc) is 3.43. The summed E-state index contributed by atoms with van der Waals surface area (Å²) >= 11 is 5.92. The van der Waals surface area contributed by atoms with E-state index in [9.17, 15) is 13.2 Å². The lowest BCUT2D eigenvalue weighted by Gasteiger charge is -2.28. The van der Waals surface area contributed by atoms with Crippen LogP contribution >= 0.6 is 11.6 Å². The summed E-state index contributed by atoms with van der Waals surface area (Å²) in [6.07, 6.45) is 4.33. The standard InChI is InChI=1S/C22H18ClF3N6O/c1-33-17-9-13(3-5-15(17)30-11-18(23)27-12-30)10-19-28-22-31(7-2-8-32(22)29-19)16-6-4-14(24)20(25)21(16)26/h3-6,9,11-12H,2,7-8,10H2,1H3. The van der Waals surface area contributed by atoms with Crippen LogP contribution in [0, 0.1) is 17.5 Å². The Morgan fingerprint density at radius 2 is 1.88 bits per heavy atom. The van der Waals surface area contributed by atoms with Gasteiger partial charge in [-0.05, 0) is 36.2 Å². The molecule has 0 saturated carbocycles. The average molecular weight is 475 g/mol. The van der Waals surface area contributed by atoms with E-state index >= 15 is 0 Å². The van der Waals surface area contributed by atoms with Crippen LogP contribution in [0.2, 0.25) is 5.15 Å². The van der Waals surface area contributed by atoms with E-state index in [1.807, 2.05) is 18.2 Å². The van der Waals surface area contributed by atoms with Crippen LogP contribution in [0.5, 0.6) is 5.75 Å². The topological polar surface area (TPSA) is 61.0 Å². The number of aryl methyl sites for hydroxylation is 1. The van der Waals surface area contributed by atoms with Crippen molar-refractivity contribution >= 4 is 23.2 Å². The Kier molecular flexibility index (Phi) is 5.45. The predicted molar refractivity (Wildman–Crippen MR) is 116 cm³/mol. The van der Waals surface area contributed by atoms with E-state index in [0.29, 0.717) is 48.6 Å². The summed E-state index contributed by atoms with van der Waals surface area (Å²) in [6, 6.07) is 7.79. The Morgan fingerprint density at radius 1 is 1.06 bits per heavy atom. The first-order valence-electron chi connectivity index (χ1n) is 10.2. The lowest BCUT2D eigenvalue weighted by atomic mass is 10.1. The van der Waals surface area contributed by atoms with Crippen LogP contribution < -0.4 is 9.64 Å². The molecule has 0 amide bonds. The number of imidazole rings is 1. The number of anilines is 2. The minimum absolute atomic E-state index is 0.0705. The van der Waals surface area contributed by atoms with Crippen LogP contribution in [0.15, 0.2) is 42.9 Å². The summed E-state index contributed by atoms with van der Waals surface area (Å²) < 4.78 is 50.5. The van der Waals surface area contributed by atoms with Crippen molar-refractivity contribution in [3.8, 4) is 11.4 Å². The summed E-state index contributed by atoms with van der Waals surface area (Å²) in [7, 11) is 1.57. The fourth-order valence-electron chi connectivity index (χ4n) is 3.89. The molecule has 0 aliphatic carbocycles. The highest BCUT2D eigenvalue weighted by Crippen LogP contribution is 2.32. The van der Waals surface area contributed by atoms with Gasteiger partial charge in [-0.3, -0.25) is 0 Å². The van der Waals surface area contributed by atoms with Crippen molar-refractivity contribution in [2.45, 2.75) is 19.4 Å². The molecular weight excluding hydrogens is 457 g/mol. The van der Waals surface area contributed by atoms with E-state index in [-0.39, 0.29) is 5.69 Å². The third-order valence-electron chi connectivity index (χ3n) is 5.43. The molecule has 11 heteroatoms. The zero-order valence-electron chi connectivity index (χ0n) is 17.5. The van der Waals surface area contributed by atoms with Gasteiger partial charge in [-0.15, -0.1) is 0 Å². The zero-order chi connectivity index (χ0) is 23.1. The van der Waals surface area contributed by atoms with Gasteiger partial charge < -0.3 is 14.2 Å². The van der Waals surface area contributed by atoms with Gasteiger partial charge >= 0.3 is 0 Å². The molecule has 33 heavy (non-hydrogen) atoms. The van der Waals surface area contributed by atoms with Gasteiger partial charge in [-0.25, -0.2) is 22.8 Å². The first kappa shape index (κ1) is 21.3. The second kappa shape index (κ2) is 8.43. The van der Waals surface area contributed by atoms with E-state index in [4.69, 9.17) is 16.3 Å². The Hall–Kier alpha value is -3.53. The summed E-state index contributed by atoms with van der Waals surface area (Å²) in [5.41, 5.74) is 1.60. The lowest BCUT2D eigenvalue weighted by Crippen LogP contribution is -2.29. The van der Waals surface area contributed by atoms with Crippen LogP contribution in [-0.4, -0.2) is 38.0 Å². The number of halogens is 4. The molecule has 0 spiro atoms. The molecule has 0 atom stereocenters. The second-order valence-corrected chi connectivity index (χ2v) is 7.92. The molecule has 4 aromatic rings. The molecule has 0 saturated heterocycles. The van der Waals surface area contributed by atoms with Crippen molar-refractivity contribution in [2.75, 3.05) is 18.6 Å². The number of rotatable bonds is 5. The lowest BCUT2D eigenvalue weighted by molar-refractivity contribution is 0.412. The smallest absolute Gasteiger partial charge is 0.228 e. The van der Waals surface area contributed by atoms with Gasteiger partial charge in [0, 0.05) is 25.7 Å². The Bertz CT molecular complexity index is 1340. The highest BCUT2D eigenvalue weighted by Gasteiger charge is 2.27. The van der Waals surface area contributed by atoms with E-state index in [0.717, 1.165) is 17.3 Å². The van der Waals surface area contributed by atoms with Crippen molar-refractivity contribution in [2.24, 2.45) is 0 Å². The molecule has 2 aromatic carbocycles. The number of benzene rings is 2. The van der Waals surface area contributed by atoms with Gasteiger partial charge in [0.25, 0.3) is 0 Å². The molecular formula is C22H18ClF3N6O. The summed E-state index contributed by atoms with van der Waals surface area (Å²) in [5, 5.41) is 4.90. The molecule has 7 nitrogen and oxygen atoms in total. The van der Waals surface area contributed by atoms with E-state index in [1.54, 1.807) is 28.9 Å². The van der Waals surface area contributed by atoms with Gasteiger partial charge in [0.15, 0.2) is 23.3 Å². The molecule has 0 N–H and O–H groups in total. The van der Waals surface area contributed by atoms with Gasteiger partial charge in [0.05, 0.1) is 18.5 Å². The van der Waals surface area contributed by atoms with Gasteiger partial charge in [0.1, 0.15) is 17.2 Å². The molecule has 3 heterocycles. The fourth-order valence-corrected chi connectivity index (χ4v) is 4.04. The molecule has 0 unspecified atom stereocenters. The van der Waals surface area contributed by atoms with Crippen molar-refractivity contribution in [1.29, 1.82) is 0 Å². The fraction of sp³-hybridized carbons (Fsp3) is 0.227. The highest BCUT2D eigenvalue weighted by molar-refractivity contribution is 6.29. The number of hydrogen-bond donors (Lipinski definition) is 0. The van der Waals surface area contributed by atoms with Crippen LogP contribution in [-0.2, 0) is 13.0 Å². The summed E-state index contributed by atoms with van der Waals surface area (Å²) in [4.78, 5) is 10.1. The number of aromatic nitrogens is 5. The minimum atomic E-state index is -1.50. The van der Waals surface area contributed by atoms with Gasteiger partial charge in [-0.1, -0.05) is 17.7 Å². The third-order valence-corrected chi connectivity index (χ3v) is 5.63. The van der Waals surface area contributed by atoms with E-state index < -0.39 is 17.5 Å². The zero-order valence-corrected chi connectivity index (χ0v) is 18.2. The van der Waals surface area contributed by atoms with E-state index in [2.05, 4.69) is 15.1 Å². The number of hydrogen-bond acceptors (Lipinski definition) is 5. The van der Waals surface area contributed by atoms with Crippen LogP contribution in [0.1, 0.15) is 17.8 Å². The largest absolute Gasteiger partial charge is 0.495 e. The van der Waals surface area contributed by atoms with Crippen molar-refractivity contribution in [3.63, 3.8) is 0 Å². The molecule has 2 aromatic heterocycles. The Labute approximate surface area is 192 Å². The predicted octanol–water partition coefficient (Wildman–Crippen LogP) is 4.68. The third kappa shape index (κ3) is 3.91. The normalized spacial score (nSPS) is 13.3. The molecule has 1 aliphatic rings. The van der Waals surface area contributed by atoms with Crippen molar-refractivity contribution in [1.82, 2.24) is 24.3 Å². The van der Waals surface area contributed by atoms with Crippen molar-refractivity contribution < 1.29 is 17.9 Å². The first-order chi connectivity index (χ1) is 15.9. The van der Waals surface area contributed by atoms with Crippen LogP contribution in [0.3, 0.4) is 0 Å². The monoisotopic (exact) mass is 474 g/mol. The van der Waals surface area contributed by atoms with Gasteiger partial charge in [0.2, 0.25) is 5.95 Å². The Balaban J connectivity index is 1.44. The van der Waals surface area contributed by atoms with Crippen LogP contribution in [0.4, 0.5) is 24.8 Å². The minimum Gasteiger partial charge on any atom is -0.495 e. The highest BCUT2D eigenvalue weighted by atomic mass is 35.5. The quantitative estimate of drug-likeness (QED) is 0.393. The number of ether oxygens (including phenoxy) is 1. The maximum Gasteiger partial charge on any atom is 0.228 e. The van der Waals surface area contributed by atoms with E-state index in [1.165, 1.54) is 11.0 Å². The second-order valence-electron chi connectivity index (χ2n) is 7.54. The Morgan fingerprint density at radius 3 is 2.64 bits per heavy atom.